The van der Waals surface area contributed by atoms with Crippen molar-refractivity contribution in [2.45, 2.75) is 46.1 Å². The maximum absolute atomic E-state index is 13.2. The molecule has 0 spiro atoms. The Morgan fingerprint density at radius 2 is 1.89 bits per heavy atom. The van der Waals surface area contributed by atoms with Crippen LogP contribution in [0.3, 0.4) is 0 Å². The lowest BCUT2D eigenvalue weighted by Crippen LogP contribution is -2.34. The van der Waals surface area contributed by atoms with Crippen LogP contribution in [0.5, 0.6) is 0 Å². The van der Waals surface area contributed by atoms with Gasteiger partial charge in [0.1, 0.15) is 0 Å². The van der Waals surface area contributed by atoms with Gasteiger partial charge < -0.3 is 10.6 Å². The first-order chi connectivity index (χ1) is 17.2. The Balaban J connectivity index is 1.36. The number of hydrogen-bond donors (Lipinski definition) is 2. The summed E-state index contributed by atoms with van der Waals surface area (Å²) in [5.41, 5.74) is 4.11. The zero-order chi connectivity index (χ0) is 25.4. The van der Waals surface area contributed by atoms with Crippen LogP contribution in [0.25, 0.3) is 16.6 Å². The summed E-state index contributed by atoms with van der Waals surface area (Å²) in [6.07, 6.45) is 5.99. The summed E-state index contributed by atoms with van der Waals surface area (Å²) in [5.74, 6) is 0.194. The molecule has 2 N–H and O–H groups in total. The zero-order valence-corrected chi connectivity index (χ0v) is 21.3. The van der Waals surface area contributed by atoms with Gasteiger partial charge in [-0.1, -0.05) is 44.5 Å². The van der Waals surface area contributed by atoms with E-state index in [1.54, 1.807) is 24.4 Å². The number of amides is 2. The summed E-state index contributed by atoms with van der Waals surface area (Å²) in [4.78, 5) is 30.0. The zero-order valence-electron chi connectivity index (χ0n) is 20.5. The largest absolute Gasteiger partial charge is 0.352 e. The monoisotopic (exact) mass is 501 g/mol. The second-order valence-corrected chi connectivity index (χ2v) is 10.6. The quantitative estimate of drug-likeness (QED) is 0.346. The predicted octanol–water partition coefficient (Wildman–Crippen LogP) is 5.87. The Kier molecular flexibility index (Phi) is 6.26. The van der Waals surface area contributed by atoms with E-state index in [9.17, 15) is 9.59 Å². The highest BCUT2D eigenvalue weighted by Crippen LogP contribution is 2.39. The van der Waals surface area contributed by atoms with Gasteiger partial charge in [-0.05, 0) is 54.8 Å². The van der Waals surface area contributed by atoms with Gasteiger partial charge in [0.25, 0.3) is 5.91 Å². The van der Waals surface area contributed by atoms with Crippen LogP contribution in [0.2, 0.25) is 5.02 Å². The third-order valence-corrected chi connectivity index (χ3v) is 6.61. The number of carbonyl (C=O) groups excluding carboxylic acids is 2. The smallest absolute Gasteiger partial charge is 0.257 e. The van der Waals surface area contributed by atoms with E-state index >= 15 is 0 Å². The van der Waals surface area contributed by atoms with E-state index in [1.807, 2.05) is 55.9 Å². The van der Waals surface area contributed by atoms with Gasteiger partial charge in [0.05, 0.1) is 39.9 Å². The highest BCUT2D eigenvalue weighted by atomic mass is 35.5. The number of halogens is 1. The van der Waals surface area contributed by atoms with Crippen LogP contribution in [-0.4, -0.2) is 26.6 Å². The van der Waals surface area contributed by atoms with Gasteiger partial charge >= 0.3 is 0 Å². The third-order valence-electron chi connectivity index (χ3n) is 6.28. The van der Waals surface area contributed by atoms with E-state index in [0.717, 1.165) is 27.8 Å². The Morgan fingerprint density at radius 1 is 1.08 bits per heavy atom. The average Bonchev–Trinajstić information content (AvgIpc) is 3.61. The van der Waals surface area contributed by atoms with E-state index in [2.05, 4.69) is 26.8 Å². The normalized spacial score (nSPS) is 13.6. The molecule has 1 fully saturated rings. The molecular weight excluding hydrogens is 474 g/mol. The molecule has 0 aliphatic heterocycles. The van der Waals surface area contributed by atoms with E-state index in [4.69, 9.17) is 11.6 Å². The van der Waals surface area contributed by atoms with Crippen molar-refractivity contribution in [3.63, 3.8) is 0 Å². The van der Waals surface area contributed by atoms with Crippen molar-refractivity contribution >= 4 is 40.0 Å². The number of hydrogen-bond acceptors (Lipinski definition) is 4. The molecule has 36 heavy (non-hydrogen) atoms. The molecular formula is C28H28ClN5O2. The highest BCUT2D eigenvalue weighted by Gasteiger charge is 2.25. The number of anilines is 1. The lowest BCUT2D eigenvalue weighted by molar-refractivity contribution is -0.128. The van der Waals surface area contributed by atoms with Gasteiger partial charge in [-0.2, -0.15) is 5.10 Å². The average molecular weight is 502 g/mol. The number of aromatic nitrogens is 3. The SMILES string of the molecule is CC(C)(C)C(=O)NCc1ccc(Cl)c(C(=O)Nc2cccc3c2cnn3-c2ccc(C3CC3)nc2)c1. The number of pyridine rings is 1. The Hall–Kier alpha value is -3.71. The lowest BCUT2D eigenvalue weighted by atomic mass is 9.95. The second kappa shape index (κ2) is 9.39. The van der Waals surface area contributed by atoms with Crippen molar-refractivity contribution in [2.24, 2.45) is 5.41 Å². The summed E-state index contributed by atoms with van der Waals surface area (Å²) in [6.45, 7) is 5.87. The van der Waals surface area contributed by atoms with E-state index < -0.39 is 5.41 Å². The first kappa shape index (κ1) is 24.0. The van der Waals surface area contributed by atoms with Crippen LogP contribution < -0.4 is 10.6 Å². The maximum Gasteiger partial charge on any atom is 0.257 e. The number of nitrogens with zero attached hydrogens (tertiary/aromatic N) is 3. The molecule has 184 valence electrons. The Morgan fingerprint density at radius 3 is 2.58 bits per heavy atom. The summed E-state index contributed by atoms with van der Waals surface area (Å²) in [5, 5.41) is 11.6. The molecule has 1 saturated carbocycles. The van der Waals surface area contributed by atoms with Crippen LogP contribution >= 0.6 is 11.6 Å². The number of nitrogens with one attached hydrogen (secondary N) is 2. The lowest BCUT2D eigenvalue weighted by Gasteiger charge is -2.18. The van der Waals surface area contributed by atoms with Gasteiger partial charge in [-0.25, -0.2) is 4.68 Å². The first-order valence-electron chi connectivity index (χ1n) is 12.0. The minimum absolute atomic E-state index is 0.0653. The van der Waals surface area contributed by atoms with Gasteiger partial charge in [0.2, 0.25) is 5.91 Å². The summed E-state index contributed by atoms with van der Waals surface area (Å²) in [7, 11) is 0. The minimum Gasteiger partial charge on any atom is -0.352 e. The molecule has 1 aliphatic rings. The molecule has 0 unspecified atom stereocenters. The van der Waals surface area contributed by atoms with Crippen molar-refractivity contribution < 1.29 is 9.59 Å². The van der Waals surface area contributed by atoms with Crippen LogP contribution in [-0.2, 0) is 11.3 Å². The molecule has 0 atom stereocenters. The second-order valence-electron chi connectivity index (χ2n) is 10.2. The van der Waals surface area contributed by atoms with Crippen LogP contribution in [0.1, 0.15) is 61.1 Å². The molecule has 2 aromatic carbocycles. The number of fused-ring (bicyclic) bond motifs is 1. The number of rotatable bonds is 6. The third kappa shape index (κ3) is 4.97. The van der Waals surface area contributed by atoms with Crippen LogP contribution in [0, 0.1) is 5.41 Å². The van der Waals surface area contributed by atoms with Gasteiger partial charge in [0.15, 0.2) is 0 Å². The van der Waals surface area contributed by atoms with E-state index in [-0.39, 0.29) is 11.8 Å². The fourth-order valence-electron chi connectivity index (χ4n) is 4.00. The molecule has 2 aromatic heterocycles. The molecule has 0 bridgehead atoms. The molecule has 2 heterocycles. The molecule has 5 rings (SSSR count). The molecule has 0 radical (unpaired) electrons. The Labute approximate surface area is 214 Å². The molecule has 4 aromatic rings. The minimum atomic E-state index is -0.495. The Bertz CT molecular complexity index is 1450. The van der Waals surface area contributed by atoms with Crippen molar-refractivity contribution in [1.82, 2.24) is 20.1 Å². The molecule has 1 aliphatic carbocycles. The highest BCUT2D eigenvalue weighted by molar-refractivity contribution is 6.34. The number of carbonyl (C=O) groups is 2. The van der Waals surface area contributed by atoms with Crippen molar-refractivity contribution in [1.29, 1.82) is 0 Å². The van der Waals surface area contributed by atoms with E-state index in [0.29, 0.717) is 28.7 Å². The van der Waals surface area contributed by atoms with Gasteiger partial charge in [0, 0.05) is 29.0 Å². The summed E-state index contributed by atoms with van der Waals surface area (Å²) >= 11 is 6.36. The standard InChI is InChI=1S/C28H28ClN5O2/c1-28(2,3)27(36)31-14-17-7-11-22(29)20(13-17)26(35)33-24-5-4-6-25-21(24)16-32-34(25)19-10-12-23(30-15-19)18-8-9-18/h4-7,10-13,15-16,18H,8-9,14H2,1-3H3,(H,31,36)(H,33,35). The van der Waals surface area contributed by atoms with Crippen molar-refractivity contribution in [3.8, 4) is 5.69 Å². The number of benzene rings is 2. The summed E-state index contributed by atoms with van der Waals surface area (Å²) in [6, 6.07) is 14.9. The van der Waals surface area contributed by atoms with E-state index in [1.165, 1.54) is 12.8 Å². The molecule has 7 nitrogen and oxygen atoms in total. The fraction of sp³-hybridized carbons (Fsp3) is 0.286. The fourth-order valence-corrected chi connectivity index (χ4v) is 4.21. The van der Waals surface area contributed by atoms with Crippen LogP contribution in [0.4, 0.5) is 5.69 Å². The molecule has 0 saturated heterocycles. The van der Waals surface area contributed by atoms with Crippen molar-refractivity contribution in [2.75, 3.05) is 5.32 Å². The van der Waals surface area contributed by atoms with Gasteiger partial charge in [-0.15, -0.1) is 0 Å². The molecule has 2 amide bonds. The van der Waals surface area contributed by atoms with Gasteiger partial charge in [-0.3, -0.25) is 14.6 Å². The summed E-state index contributed by atoms with van der Waals surface area (Å²) < 4.78 is 1.82. The first-order valence-corrected chi connectivity index (χ1v) is 12.4. The van der Waals surface area contributed by atoms with Crippen molar-refractivity contribution in [3.05, 3.63) is 82.8 Å². The topological polar surface area (TPSA) is 88.9 Å². The predicted molar refractivity (Wildman–Crippen MR) is 142 cm³/mol. The van der Waals surface area contributed by atoms with Crippen LogP contribution in [0.15, 0.2) is 60.9 Å². The molecule has 8 heteroatoms. The maximum atomic E-state index is 13.2.